The molecule has 0 aromatic carbocycles. The van der Waals surface area contributed by atoms with Gasteiger partial charge in [0.2, 0.25) is 0 Å². The third kappa shape index (κ3) is 4.85. The number of halogens is 2. The quantitative estimate of drug-likeness (QED) is 0.397. The van der Waals surface area contributed by atoms with Gasteiger partial charge in [0.1, 0.15) is 5.52 Å². The molecule has 1 atom stereocenters. The third-order valence-corrected chi connectivity index (χ3v) is 4.36. The monoisotopic (exact) mass is 342 g/mol. The van der Waals surface area contributed by atoms with Gasteiger partial charge in [-0.25, -0.2) is 4.98 Å². The summed E-state index contributed by atoms with van der Waals surface area (Å²) >= 11 is 5.92. The van der Waals surface area contributed by atoms with Crippen LogP contribution in [0, 0.1) is 6.08 Å². The van der Waals surface area contributed by atoms with E-state index in [1.807, 2.05) is 4.57 Å². The Labute approximate surface area is 140 Å². The molecule has 0 saturated carbocycles. The molecule has 0 aliphatic rings. The molecule has 0 aliphatic carbocycles. The Kier molecular flexibility index (Phi) is 7.17. The predicted octanol–water partition coefficient (Wildman–Crippen LogP) is 4.29. The average Bonchev–Trinajstić information content (AvgIpc) is 2.93. The van der Waals surface area contributed by atoms with E-state index < -0.39 is 6.08 Å². The zero-order valence-electron chi connectivity index (χ0n) is 13.5. The Morgan fingerprint density at radius 2 is 1.91 bits per heavy atom. The van der Waals surface area contributed by atoms with Crippen LogP contribution in [0.1, 0.15) is 64.3 Å². The minimum Gasteiger partial charge on any atom is -0.396 e. The lowest BCUT2D eigenvalue weighted by Gasteiger charge is -2.18. The smallest absolute Gasteiger partial charge is 0.312 e. The maximum Gasteiger partial charge on any atom is 0.312 e. The van der Waals surface area contributed by atoms with Crippen molar-refractivity contribution in [1.29, 1.82) is 0 Å². The molecule has 0 fully saturated rings. The van der Waals surface area contributed by atoms with Crippen LogP contribution in [-0.4, -0.2) is 31.2 Å². The van der Waals surface area contributed by atoms with Crippen molar-refractivity contribution in [2.45, 2.75) is 64.3 Å². The van der Waals surface area contributed by atoms with Crippen LogP contribution in [0.4, 0.5) is 4.39 Å². The van der Waals surface area contributed by atoms with E-state index in [4.69, 9.17) is 11.6 Å². The van der Waals surface area contributed by atoms with E-state index in [-0.39, 0.29) is 17.8 Å². The molecule has 0 bridgehead atoms. The third-order valence-electron chi connectivity index (χ3n) is 4.10. The van der Waals surface area contributed by atoms with E-state index in [1.54, 1.807) is 6.33 Å². The number of fused-ring (bicyclic) bond motifs is 1. The fourth-order valence-electron chi connectivity index (χ4n) is 2.86. The van der Waals surface area contributed by atoms with Gasteiger partial charge in [-0.1, -0.05) is 57.0 Å². The van der Waals surface area contributed by atoms with Gasteiger partial charge < -0.3 is 9.67 Å². The molecule has 1 unspecified atom stereocenters. The summed E-state index contributed by atoms with van der Waals surface area (Å²) in [5.74, 6) is 0. The molecule has 0 aliphatic heterocycles. The average molecular weight is 343 g/mol. The molecule has 0 spiro atoms. The van der Waals surface area contributed by atoms with E-state index in [0.29, 0.717) is 17.6 Å². The molecular formula is C16H24ClFN4O. The van der Waals surface area contributed by atoms with Crippen molar-refractivity contribution in [3.63, 3.8) is 0 Å². The number of aliphatic hydroxyl groups excluding tert-OH is 1. The fourth-order valence-corrected chi connectivity index (χ4v) is 3.06. The first-order chi connectivity index (χ1) is 11.2. The number of aromatic nitrogens is 4. The summed E-state index contributed by atoms with van der Waals surface area (Å²) in [6.07, 6.45) is 9.49. The maximum atomic E-state index is 13.4. The SMILES string of the molecule is CCCCCCCCC(CCO)n1cnc2c(Cl)nc(F)nc21. The van der Waals surface area contributed by atoms with E-state index in [0.717, 1.165) is 12.8 Å². The van der Waals surface area contributed by atoms with Crippen molar-refractivity contribution in [2.75, 3.05) is 6.61 Å². The standard InChI is InChI=1S/C16H24ClFN4O/c1-2-3-4-5-6-7-8-12(9-10-23)22-11-19-13-14(17)20-16(18)21-15(13)22/h11-12,23H,2-10H2,1H3. The van der Waals surface area contributed by atoms with Crippen molar-refractivity contribution in [3.05, 3.63) is 17.6 Å². The fraction of sp³-hybridized carbons (Fsp3) is 0.688. The molecule has 0 saturated heterocycles. The van der Waals surface area contributed by atoms with Gasteiger partial charge in [-0.2, -0.15) is 14.4 Å². The maximum absolute atomic E-state index is 13.4. The highest BCUT2D eigenvalue weighted by Crippen LogP contribution is 2.26. The largest absolute Gasteiger partial charge is 0.396 e. The van der Waals surface area contributed by atoms with Gasteiger partial charge in [-0.15, -0.1) is 0 Å². The molecule has 23 heavy (non-hydrogen) atoms. The molecule has 0 radical (unpaired) electrons. The van der Waals surface area contributed by atoms with Crippen molar-refractivity contribution in [2.24, 2.45) is 0 Å². The number of nitrogens with zero attached hydrogens (tertiary/aromatic N) is 4. The highest BCUT2D eigenvalue weighted by molar-refractivity contribution is 6.33. The molecule has 1 N–H and O–H groups in total. The van der Waals surface area contributed by atoms with Gasteiger partial charge >= 0.3 is 6.08 Å². The Bertz CT molecular complexity index is 619. The number of unbranched alkanes of at least 4 members (excludes halogenated alkanes) is 5. The Hall–Kier alpha value is -1.27. The molecule has 128 valence electrons. The molecular weight excluding hydrogens is 319 g/mol. The summed E-state index contributed by atoms with van der Waals surface area (Å²) < 4.78 is 15.2. The number of hydrogen-bond acceptors (Lipinski definition) is 4. The van der Waals surface area contributed by atoms with Crippen LogP contribution in [0.15, 0.2) is 6.33 Å². The molecule has 0 amide bonds. The molecule has 2 aromatic heterocycles. The number of aliphatic hydroxyl groups is 1. The molecule has 2 aromatic rings. The van der Waals surface area contributed by atoms with E-state index in [9.17, 15) is 9.50 Å². The van der Waals surface area contributed by atoms with Crippen LogP contribution in [0.2, 0.25) is 5.15 Å². The number of hydrogen-bond donors (Lipinski definition) is 1. The summed E-state index contributed by atoms with van der Waals surface area (Å²) in [5, 5.41) is 9.34. The molecule has 2 rings (SSSR count). The van der Waals surface area contributed by atoms with Crippen LogP contribution in [0.5, 0.6) is 0 Å². The summed E-state index contributed by atoms with van der Waals surface area (Å²) in [5.41, 5.74) is 0.797. The van der Waals surface area contributed by atoms with Crippen LogP contribution in [-0.2, 0) is 0 Å². The Morgan fingerprint density at radius 1 is 1.17 bits per heavy atom. The zero-order chi connectivity index (χ0) is 16.7. The first-order valence-corrected chi connectivity index (χ1v) is 8.71. The van der Waals surface area contributed by atoms with Crippen molar-refractivity contribution >= 4 is 22.8 Å². The zero-order valence-corrected chi connectivity index (χ0v) is 14.3. The van der Waals surface area contributed by atoms with Crippen molar-refractivity contribution in [3.8, 4) is 0 Å². The van der Waals surface area contributed by atoms with E-state index in [1.165, 1.54) is 32.1 Å². The van der Waals surface area contributed by atoms with Gasteiger partial charge in [-0.05, 0) is 12.8 Å². The highest BCUT2D eigenvalue weighted by Gasteiger charge is 2.17. The van der Waals surface area contributed by atoms with Crippen molar-refractivity contribution in [1.82, 2.24) is 19.5 Å². The molecule has 5 nitrogen and oxygen atoms in total. The van der Waals surface area contributed by atoms with Crippen molar-refractivity contribution < 1.29 is 9.50 Å². The second-order valence-corrected chi connectivity index (χ2v) is 6.19. The van der Waals surface area contributed by atoms with E-state index >= 15 is 0 Å². The first-order valence-electron chi connectivity index (χ1n) is 8.33. The Balaban J connectivity index is 2.05. The Morgan fingerprint density at radius 3 is 2.65 bits per heavy atom. The second kappa shape index (κ2) is 9.13. The second-order valence-electron chi connectivity index (χ2n) is 5.83. The minimum absolute atomic E-state index is 0.0218. The van der Waals surface area contributed by atoms with Crippen LogP contribution >= 0.6 is 11.6 Å². The number of rotatable bonds is 10. The summed E-state index contributed by atoms with van der Waals surface area (Å²) in [6.45, 7) is 2.27. The molecule has 7 heteroatoms. The summed E-state index contributed by atoms with van der Waals surface area (Å²) in [4.78, 5) is 11.5. The topological polar surface area (TPSA) is 63.8 Å². The minimum atomic E-state index is -0.855. The van der Waals surface area contributed by atoms with Crippen LogP contribution in [0.25, 0.3) is 11.2 Å². The lowest BCUT2D eigenvalue weighted by Crippen LogP contribution is -2.11. The predicted molar refractivity (Wildman–Crippen MR) is 89.0 cm³/mol. The lowest BCUT2D eigenvalue weighted by molar-refractivity contribution is 0.251. The van der Waals surface area contributed by atoms with Crippen LogP contribution < -0.4 is 0 Å². The molecule has 2 heterocycles. The highest BCUT2D eigenvalue weighted by atomic mass is 35.5. The van der Waals surface area contributed by atoms with Gasteiger partial charge in [0.25, 0.3) is 0 Å². The normalized spacial score (nSPS) is 12.9. The van der Waals surface area contributed by atoms with Gasteiger partial charge in [0.15, 0.2) is 10.8 Å². The van der Waals surface area contributed by atoms with Gasteiger partial charge in [0, 0.05) is 12.6 Å². The lowest BCUT2D eigenvalue weighted by atomic mass is 10.0. The van der Waals surface area contributed by atoms with Gasteiger partial charge in [-0.3, -0.25) is 0 Å². The van der Waals surface area contributed by atoms with Gasteiger partial charge in [0.05, 0.1) is 6.33 Å². The number of imidazole rings is 1. The summed E-state index contributed by atoms with van der Waals surface area (Å²) in [7, 11) is 0. The first kappa shape index (κ1) is 18.1. The van der Waals surface area contributed by atoms with E-state index in [2.05, 4.69) is 21.9 Å². The summed E-state index contributed by atoms with van der Waals surface area (Å²) in [6, 6.07) is 0.0431. The van der Waals surface area contributed by atoms with Crippen LogP contribution in [0.3, 0.4) is 0 Å².